The molecule has 0 aromatic carbocycles. The van der Waals surface area contributed by atoms with Crippen LogP contribution in [0.15, 0.2) is 23.0 Å². The number of hydrogen-bond donors (Lipinski definition) is 3. The van der Waals surface area contributed by atoms with Crippen LogP contribution in [0.5, 0.6) is 0 Å². The molecule has 4 nitrogen and oxygen atoms in total. The lowest BCUT2D eigenvalue weighted by Gasteiger charge is -2.48. The van der Waals surface area contributed by atoms with Crippen LogP contribution in [-0.2, 0) is 4.79 Å². The monoisotopic (exact) mass is 292 g/mol. The highest BCUT2D eigenvalue weighted by Crippen LogP contribution is 2.53. The molecule has 4 heteroatoms. The number of hydrogen-bond acceptors (Lipinski definition) is 3. The molecular weight excluding hydrogens is 268 g/mol. The summed E-state index contributed by atoms with van der Waals surface area (Å²) in [6.45, 7) is 2.16. The SMILES string of the molecule is CC1(C2=CC(C(=O)O)=C(O)CC2O)CC2CCCC(C2)C1. The number of carbonyl (C=O) groups is 1. The molecule has 0 aromatic heterocycles. The van der Waals surface area contributed by atoms with Crippen LogP contribution >= 0.6 is 0 Å². The van der Waals surface area contributed by atoms with Crippen molar-refractivity contribution >= 4 is 5.97 Å². The number of aliphatic hydroxyl groups is 2. The van der Waals surface area contributed by atoms with E-state index in [-0.39, 0.29) is 23.2 Å². The average molecular weight is 292 g/mol. The molecule has 3 atom stereocenters. The van der Waals surface area contributed by atoms with Gasteiger partial charge in [0.15, 0.2) is 0 Å². The predicted octanol–water partition coefficient (Wildman–Crippen LogP) is 3.18. The number of rotatable bonds is 2. The molecule has 0 aromatic rings. The first-order chi connectivity index (χ1) is 9.89. The van der Waals surface area contributed by atoms with E-state index in [1.807, 2.05) is 0 Å². The highest BCUT2D eigenvalue weighted by molar-refractivity contribution is 5.91. The third-order valence-corrected chi connectivity index (χ3v) is 5.65. The van der Waals surface area contributed by atoms with Crippen molar-refractivity contribution in [3.63, 3.8) is 0 Å². The van der Waals surface area contributed by atoms with Gasteiger partial charge in [-0.05, 0) is 48.2 Å². The Bertz CT molecular complexity index is 505. The van der Waals surface area contributed by atoms with Gasteiger partial charge in [0.1, 0.15) is 5.76 Å². The first-order valence-electron chi connectivity index (χ1n) is 7.94. The molecule has 3 aliphatic carbocycles. The topological polar surface area (TPSA) is 77.8 Å². The molecule has 2 bridgehead atoms. The van der Waals surface area contributed by atoms with Crippen LogP contribution in [0.2, 0.25) is 0 Å². The Morgan fingerprint density at radius 3 is 2.48 bits per heavy atom. The lowest BCUT2D eigenvalue weighted by Crippen LogP contribution is -2.39. The van der Waals surface area contributed by atoms with Crippen molar-refractivity contribution in [2.45, 2.75) is 58.0 Å². The van der Waals surface area contributed by atoms with Crippen molar-refractivity contribution < 1.29 is 20.1 Å². The van der Waals surface area contributed by atoms with E-state index < -0.39 is 12.1 Å². The van der Waals surface area contributed by atoms with Crippen LogP contribution in [0.1, 0.15) is 51.9 Å². The lowest BCUT2D eigenvalue weighted by molar-refractivity contribution is -0.132. The third kappa shape index (κ3) is 2.61. The highest BCUT2D eigenvalue weighted by atomic mass is 16.4. The molecule has 0 spiro atoms. The molecule has 0 aliphatic heterocycles. The molecule has 0 amide bonds. The lowest BCUT2D eigenvalue weighted by atomic mass is 9.57. The smallest absolute Gasteiger partial charge is 0.339 e. The molecule has 21 heavy (non-hydrogen) atoms. The molecule has 3 rings (SSSR count). The average Bonchev–Trinajstić information content (AvgIpc) is 2.37. The molecule has 3 N–H and O–H groups in total. The highest BCUT2D eigenvalue weighted by Gasteiger charge is 2.44. The minimum Gasteiger partial charge on any atom is -0.511 e. The summed E-state index contributed by atoms with van der Waals surface area (Å²) in [5, 5.41) is 29.3. The van der Waals surface area contributed by atoms with Crippen molar-refractivity contribution in [2.24, 2.45) is 17.3 Å². The van der Waals surface area contributed by atoms with Gasteiger partial charge in [0.2, 0.25) is 0 Å². The Morgan fingerprint density at radius 1 is 1.29 bits per heavy atom. The summed E-state index contributed by atoms with van der Waals surface area (Å²) in [5.41, 5.74) is 0.635. The van der Waals surface area contributed by atoms with Crippen molar-refractivity contribution in [1.29, 1.82) is 0 Å². The first-order valence-corrected chi connectivity index (χ1v) is 7.94. The van der Waals surface area contributed by atoms with Gasteiger partial charge in [-0.25, -0.2) is 4.79 Å². The molecule has 2 saturated carbocycles. The second-order valence-corrected chi connectivity index (χ2v) is 7.35. The van der Waals surface area contributed by atoms with Crippen molar-refractivity contribution in [2.75, 3.05) is 0 Å². The maximum atomic E-state index is 11.3. The minimum absolute atomic E-state index is 0.0262. The van der Waals surface area contributed by atoms with Gasteiger partial charge in [-0.15, -0.1) is 0 Å². The summed E-state index contributed by atoms with van der Waals surface area (Å²) in [5.74, 6) is 0.0709. The van der Waals surface area contributed by atoms with E-state index in [0.29, 0.717) is 11.8 Å². The van der Waals surface area contributed by atoms with Crippen molar-refractivity contribution in [1.82, 2.24) is 0 Å². The fourth-order valence-electron chi connectivity index (χ4n) is 4.87. The Hall–Kier alpha value is -1.29. The summed E-state index contributed by atoms with van der Waals surface area (Å²) in [6, 6.07) is 0. The molecule has 0 saturated heterocycles. The number of carboxylic acid groups (broad SMARTS) is 1. The van der Waals surface area contributed by atoms with Crippen LogP contribution in [0.25, 0.3) is 0 Å². The normalized spacial score (nSPS) is 39.9. The van der Waals surface area contributed by atoms with Gasteiger partial charge in [-0.3, -0.25) is 0 Å². The van der Waals surface area contributed by atoms with E-state index in [1.54, 1.807) is 0 Å². The summed E-state index contributed by atoms with van der Waals surface area (Å²) < 4.78 is 0. The maximum absolute atomic E-state index is 11.3. The molecule has 0 radical (unpaired) electrons. The maximum Gasteiger partial charge on any atom is 0.339 e. The van der Waals surface area contributed by atoms with Gasteiger partial charge in [0, 0.05) is 6.42 Å². The van der Waals surface area contributed by atoms with E-state index in [2.05, 4.69) is 6.92 Å². The zero-order chi connectivity index (χ0) is 15.2. The van der Waals surface area contributed by atoms with E-state index in [4.69, 9.17) is 0 Å². The van der Waals surface area contributed by atoms with Crippen molar-refractivity contribution in [3.8, 4) is 0 Å². The van der Waals surface area contributed by atoms with Gasteiger partial charge in [-0.1, -0.05) is 26.2 Å². The van der Waals surface area contributed by atoms with Gasteiger partial charge < -0.3 is 15.3 Å². The Kier molecular flexibility index (Phi) is 3.60. The van der Waals surface area contributed by atoms with E-state index in [1.165, 1.54) is 31.8 Å². The number of carboxylic acids is 1. The summed E-state index contributed by atoms with van der Waals surface area (Å²) in [6.07, 6.45) is 7.95. The number of aliphatic carboxylic acids is 1. The molecular formula is C17H24O4. The Morgan fingerprint density at radius 2 is 1.90 bits per heavy atom. The Labute approximate surface area is 125 Å². The Balaban J connectivity index is 1.94. The summed E-state index contributed by atoms with van der Waals surface area (Å²) in [4.78, 5) is 11.3. The third-order valence-electron chi connectivity index (χ3n) is 5.65. The van der Waals surface area contributed by atoms with E-state index >= 15 is 0 Å². The van der Waals surface area contributed by atoms with E-state index in [9.17, 15) is 20.1 Å². The van der Waals surface area contributed by atoms with E-state index in [0.717, 1.165) is 18.4 Å². The fraction of sp³-hybridized carbons (Fsp3) is 0.706. The second-order valence-electron chi connectivity index (χ2n) is 7.35. The molecule has 3 unspecified atom stereocenters. The molecule has 3 aliphatic rings. The predicted molar refractivity (Wildman–Crippen MR) is 78.8 cm³/mol. The largest absolute Gasteiger partial charge is 0.511 e. The van der Waals surface area contributed by atoms with Gasteiger partial charge in [-0.2, -0.15) is 0 Å². The van der Waals surface area contributed by atoms with Gasteiger partial charge >= 0.3 is 5.97 Å². The first kappa shape index (κ1) is 14.6. The van der Waals surface area contributed by atoms with Crippen LogP contribution < -0.4 is 0 Å². The van der Waals surface area contributed by atoms with Gasteiger partial charge in [0.25, 0.3) is 0 Å². The quantitative estimate of drug-likeness (QED) is 0.730. The van der Waals surface area contributed by atoms with Gasteiger partial charge in [0.05, 0.1) is 11.7 Å². The number of aliphatic hydroxyl groups excluding tert-OH is 2. The fourth-order valence-corrected chi connectivity index (χ4v) is 4.87. The van der Waals surface area contributed by atoms with Crippen LogP contribution in [0.4, 0.5) is 0 Å². The molecule has 116 valence electrons. The zero-order valence-electron chi connectivity index (χ0n) is 12.5. The molecule has 0 heterocycles. The standard InChI is InChI=1S/C17H24O4/c1-17(8-10-3-2-4-11(5-10)9-17)13-6-12(16(20)21)14(18)7-15(13)19/h6,10-11,15,18-19H,2-5,7-9H2,1H3,(H,20,21). The van der Waals surface area contributed by atoms with Crippen LogP contribution in [0.3, 0.4) is 0 Å². The minimum atomic E-state index is -1.11. The second kappa shape index (κ2) is 5.16. The van der Waals surface area contributed by atoms with Crippen LogP contribution in [-0.4, -0.2) is 27.4 Å². The van der Waals surface area contributed by atoms with Crippen molar-refractivity contribution in [3.05, 3.63) is 23.0 Å². The summed E-state index contributed by atoms with van der Waals surface area (Å²) in [7, 11) is 0. The molecule has 2 fully saturated rings. The van der Waals surface area contributed by atoms with Crippen LogP contribution in [0, 0.1) is 17.3 Å². The number of fused-ring (bicyclic) bond motifs is 2. The summed E-state index contributed by atoms with van der Waals surface area (Å²) >= 11 is 0. The zero-order valence-corrected chi connectivity index (χ0v) is 12.5.